The molecule has 96 heavy (non-hydrogen) atoms. The van der Waals surface area contributed by atoms with E-state index in [4.69, 9.17) is 9.47 Å². The van der Waals surface area contributed by atoms with Gasteiger partial charge >= 0.3 is 71.1 Å². The number of ether oxygens (including phenoxy) is 2. The average molecular weight is 1420 g/mol. The molecule has 2 aliphatic carbocycles. The Kier molecular flexibility index (Phi) is 24.0. The summed E-state index contributed by atoms with van der Waals surface area (Å²) < 4.78 is 116. The van der Waals surface area contributed by atoms with Crippen LogP contribution in [0.1, 0.15) is 58.5 Å². The van der Waals surface area contributed by atoms with Gasteiger partial charge in [0.1, 0.15) is 57.1 Å². The first-order valence-electron chi connectivity index (χ1n) is 29.8. The number of para-hydroxylation sites is 2. The fourth-order valence-corrected chi connectivity index (χ4v) is 16.4. The second-order valence-corrected chi connectivity index (χ2v) is 27.9. The minimum Gasteiger partial charge on any atom is -0.731 e. The molecule has 2 aromatic heterocycles. The molecule has 4 aliphatic heterocycles. The molecule has 4 saturated heterocycles. The normalized spacial score (nSPS) is 19.8. The zero-order valence-corrected chi connectivity index (χ0v) is 59.1. The topological polar surface area (TPSA) is 363 Å². The molecule has 28 nitrogen and oxygen atoms in total. The number of hydrogen-bond acceptors (Lipinski definition) is 22. The number of amides is 4. The van der Waals surface area contributed by atoms with Gasteiger partial charge in [0.05, 0.1) is 22.4 Å². The average Bonchev–Trinajstić information content (AvgIpc) is 1.76. The summed E-state index contributed by atoms with van der Waals surface area (Å²) in [5, 5.41) is 21.7. The minimum atomic E-state index is -5.09. The summed E-state index contributed by atoms with van der Waals surface area (Å²) in [7, 11) is -10.2. The SMILES string of the molecule is O=C(COc1ccccc1)N[C@H]1C(=O)N(S(=O)(=O)[O-])C1SCCN1CCN(c2cc3c(cc2F)c(=O)c(C(=O)O)cn3C2CC2)CC1.O=C(COc1ccccc1)N[C@H]1C(=O)N(S(=O)(=O)[O-])C1SCCN1CCN(c2cc3c(cc2F)c(=O)c(C(=O)O)cn3C2CC2)CC1.[Na+].[Na+]. The summed E-state index contributed by atoms with van der Waals surface area (Å²) in [6.07, 6.45) is 6.03. The van der Waals surface area contributed by atoms with Gasteiger partial charge in [0.25, 0.3) is 23.6 Å². The smallest absolute Gasteiger partial charge is 0.731 e. The number of aromatic nitrogens is 2. The summed E-state index contributed by atoms with van der Waals surface area (Å²) in [4.78, 5) is 106. The van der Waals surface area contributed by atoms with Crippen LogP contribution in [0.2, 0.25) is 0 Å². The van der Waals surface area contributed by atoms with E-state index in [0.717, 1.165) is 61.3 Å². The second kappa shape index (κ2) is 31.2. The van der Waals surface area contributed by atoms with Crippen molar-refractivity contribution in [1.29, 1.82) is 0 Å². The number of carbonyl (C=O) groups excluding carboxylic acids is 4. The van der Waals surface area contributed by atoms with Crippen LogP contribution in [-0.4, -0.2) is 212 Å². The summed E-state index contributed by atoms with van der Waals surface area (Å²) in [5.74, 6) is -5.73. The van der Waals surface area contributed by atoms with Gasteiger partial charge in [-0.25, -0.2) is 43.8 Å². The third-order valence-corrected chi connectivity index (χ3v) is 21.2. The second-order valence-electron chi connectivity index (χ2n) is 22.9. The van der Waals surface area contributed by atoms with E-state index >= 15 is 8.78 Å². The number of benzene rings is 4. The molecule has 4 aromatic carbocycles. The molecule has 6 aliphatic rings. The molecule has 6 aromatic rings. The maximum absolute atomic E-state index is 15.3. The monoisotopic (exact) mass is 1420 g/mol. The zero-order valence-electron chi connectivity index (χ0n) is 51.8. The molecule has 2 saturated carbocycles. The fraction of sp³-hybridized carbons (Fsp3) is 0.400. The van der Waals surface area contributed by atoms with Crippen molar-refractivity contribution in [3.8, 4) is 11.5 Å². The molecular formula is C60H62F2N10Na2O18S4. The van der Waals surface area contributed by atoms with Gasteiger partial charge in [-0.05, 0) is 74.2 Å². The van der Waals surface area contributed by atoms with Crippen molar-refractivity contribution < 1.29 is 142 Å². The molecule has 500 valence electrons. The summed E-state index contributed by atoms with van der Waals surface area (Å²) in [6.45, 7) is 3.98. The number of carboxylic acid groups (broad SMARTS) is 2. The number of halogens is 2. The number of thioether (sulfide) groups is 2. The fourth-order valence-electron chi connectivity index (χ4n) is 11.6. The number of fused-ring (bicyclic) bond motifs is 2. The van der Waals surface area contributed by atoms with Crippen LogP contribution in [0, 0.1) is 11.6 Å². The first-order valence-corrected chi connectivity index (χ1v) is 34.6. The number of carboxylic acids is 2. The van der Waals surface area contributed by atoms with E-state index < -0.39 is 126 Å². The quantitative estimate of drug-likeness (QED) is 0.0259. The molecule has 0 radical (unpaired) electrons. The van der Waals surface area contributed by atoms with Gasteiger partial charge in [-0.3, -0.25) is 38.6 Å². The van der Waals surface area contributed by atoms with Crippen molar-refractivity contribution in [2.45, 2.75) is 60.6 Å². The molecule has 12 rings (SSSR count). The van der Waals surface area contributed by atoms with Gasteiger partial charge in [-0.1, -0.05) is 36.4 Å². The van der Waals surface area contributed by atoms with Crippen LogP contribution in [-0.2, 0) is 39.8 Å². The number of β-lactam (4-membered cyclic amide) rings is 2. The Bertz CT molecular complexity index is 4050. The third kappa shape index (κ3) is 16.8. The van der Waals surface area contributed by atoms with E-state index in [9.17, 15) is 74.5 Å². The molecule has 4 N–H and O–H groups in total. The van der Waals surface area contributed by atoms with Crippen molar-refractivity contribution in [2.75, 3.05) is 100.0 Å². The maximum Gasteiger partial charge on any atom is 1.00 e. The van der Waals surface area contributed by atoms with Crippen molar-refractivity contribution in [3.05, 3.63) is 141 Å². The molecule has 6 heterocycles. The predicted molar refractivity (Wildman–Crippen MR) is 337 cm³/mol. The van der Waals surface area contributed by atoms with E-state index in [1.165, 1.54) is 12.4 Å². The van der Waals surface area contributed by atoms with Crippen molar-refractivity contribution in [2.24, 2.45) is 0 Å². The van der Waals surface area contributed by atoms with Crippen LogP contribution in [0.3, 0.4) is 0 Å². The van der Waals surface area contributed by atoms with Crippen LogP contribution >= 0.6 is 23.5 Å². The molecular weight excluding hydrogens is 1360 g/mol. The maximum atomic E-state index is 15.3. The van der Waals surface area contributed by atoms with Gasteiger partial charge in [-0.2, -0.15) is 0 Å². The van der Waals surface area contributed by atoms with Crippen LogP contribution in [0.5, 0.6) is 11.5 Å². The van der Waals surface area contributed by atoms with E-state index in [0.29, 0.717) is 111 Å². The van der Waals surface area contributed by atoms with Crippen molar-refractivity contribution >= 4 is 113 Å². The summed E-state index contributed by atoms with van der Waals surface area (Å²) >= 11 is 2.11. The molecule has 0 bridgehead atoms. The third-order valence-electron chi connectivity index (χ3n) is 16.7. The van der Waals surface area contributed by atoms with Crippen LogP contribution in [0.25, 0.3) is 21.8 Å². The number of hydrogen-bond donors (Lipinski definition) is 4. The Morgan fingerprint density at radius 3 is 1.20 bits per heavy atom. The Morgan fingerprint density at radius 1 is 0.542 bits per heavy atom. The molecule has 6 fully saturated rings. The van der Waals surface area contributed by atoms with Crippen LogP contribution in [0.15, 0.2) is 107 Å². The number of piperazine rings is 2. The molecule has 4 amide bonds. The van der Waals surface area contributed by atoms with Gasteiger partial charge < -0.3 is 58.4 Å². The van der Waals surface area contributed by atoms with Crippen LogP contribution in [0.4, 0.5) is 20.2 Å². The van der Waals surface area contributed by atoms with Gasteiger partial charge in [0.15, 0.2) is 33.8 Å². The molecule has 0 spiro atoms. The van der Waals surface area contributed by atoms with E-state index in [-0.39, 0.29) is 90.6 Å². The van der Waals surface area contributed by atoms with E-state index in [1.807, 2.05) is 9.80 Å². The first kappa shape index (κ1) is 73.9. The molecule has 36 heteroatoms. The molecule has 2 unspecified atom stereocenters. The van der Waals surface area contributed by atoms with Gasteiger partial charge in [0.2, 0.25) is 10.9 Å². The Morgan fingerprint density at radius 2 is 0.885 bits per heavy atom. The Labute approximate surface area is 600 Å². The first-order chi connectivity index (χ1) is 44.8. The predicted octanol–water partition coefficient (Wildman–Crippen LogP) is -3.55. The molecule has 4 atom stereocenters. The number of pyridine rings is 2. The summed E-state index contributed by atoms with van der Waals surface area (Å²) in [5.41, 5.74) is -0.651. The number of carbonyl (C=O) groups is 6. The minimum absolute atomic E-state index is 0. The zero-order chi connectivity index (χ0) is 66.9. The van der Waals surface area contributed by atoms with Crippen molar-refractivity contribution in [3.63, 3.8) is 0 Å². The van der Waals surface area contributed by atoms with Crippen LogP contribution < -0.4 is 99.9 Å². The Hall–Kier alpha value is -6.38. The number of aromatic carboxylic acids is 2. The largest absolute Gasteiger partial charge is 1.00 e. The van der Waals surface area contributed by atoms with Crippen molar-refractivity contribution in [1.82, 2.24) is 38.2 Å². The van der Waals surface area contributed by atoms with E-state index in [2.05, 4.69) is 20.4 Å². The summed E-state index contributed by atoms with van der Waals surface area (Å²) in [6, 6.07) is 20.2. The van der Waals surface area contributed by atoms with E-state index in [1.54, 1.807) is 81.9 Å². The number of rotatable bonds is 24. The number of anilines is 2. The number of nitrogens with zero attached hydrogens (tertiary/aromatic N) is 8. The number of nitrogens with one attached hydrogen (secondary N) is 2. The van der Waals surface area contributed by atoms with Gasteiger partial charge in [-0.15, -0.1) is 23.5 Å². The van der Waals surface area contributed by atoms with Gasteiger partial charge in [0, 0.05) is 112 Å². The Balaban J connectivity index is 0.000000221. The standard InChI is InChI=1S/2C30H32FN5O9S2.2Na/c2*31-22-14-20-23(35(18-6-7-18)16-21(27(20)38)30(40)41)15-24(22)34-10-8-33(9-11-34)12-13-46-29-26(28(39)36(29)47(42,43)44)32-25(37)17-45-19-4-2-1-3-5-19;;/h2*1-5,14-16,18,26,29H,6-13,17H2,(H,32,37)(H,40,41)(H,42,43,44);;/q;;2*+1/p-2/t2*26-,29?;;/m00../s1.